The lowest BCUT2D eigenvalue weighted by Gasteiger charge is -2.28. The Kier molecular flexibility index (Phi) is 3.34. The number of anilines is 2. The lowest BCUT2D eigenvalue weighted by atomic mass is 10.2. The zero-order chi connectivity index (χ0) is 10.7. The lowest BCUT2D eigenvalue weighted by Crippen LogP contribution is -2.34. The summed E-state index contributed by atoms with van der Waals surface area (Å²) in [4.78, 5) is 0. The van der Waals surface area contributed by atoms with Gasteiger partial charge in [-0.15, -0.1) is 0 Å². The molecule has 3 N–H and O–H groups in total. The summed E-state index contributed by atoms with van der Waals surface area (Å²) in [6, 6.07) is 5.55. The zero-order valence-electron chi connectivity index (χ0n) is 8.67. The van der Waals surface area contributed by atoms with Crippen LogP contribution >= 0.6 is 11.6 Å². The highest BCUT2D eigenvalue weighted by molar-refractivity contribution is 6.33. The van der Waals surface area contributed by atoms with Gasteiger partial charge in [-0.25, -0.2) is 5.01 Å². The van der Waals surface area contributed by atoms with Gasteiger partial charge in [0.05, 0.1) is 10.7 Å². The number of halogens is 1. The van der Waals surface area contributed by atoms with E-state index >= 15 is 0 Å². The molecule has 1 aromatic carbocycles. The van der Waals surface area contributed by atoms with Gasteiger partial charge in [-0.1, -0.05) is 18.0 Å². The average molecular weight is 226 g/mol. The van der Waals surface area contributed by atoms with Gasteiger partial charge < -0.3 is 11.2 Å². The van der Waals surface area contributed by atoms with Crippen LogP contribution in [-0.4, -0.2) is 18.1 Å². The van der Waals surface area contributed by atoms with Crippen LogP contribution in [0, 0.1) is 0 Å². The molecule has 1 fully saturated rings. The molecule has 1 aromatic rings. The summed E-state index contributed by atoms with van der Waals surface area (Å²) in [7, 11) is 0. The quantitative estimate of drug-likeness (QED) is 0.761. The molecule has 1 aliphatic rings. The first kappa shape index (κ1) is 10.6. The van der Waals surface area contributed by atoms with E-state index < -0.39 is 0 Å². The summed E-state index contributed by atoms with van der Waals surface area (Å²) < 4.78 is 0. The number of nitrogens with one attached hydrogen (secondary N) is 1. The van der Waals surface area contributed by atoms with E-state index in [2.05, 4.69) is 10.4 Å². The first-order valence-electron chi connectivity index (χ1n) is 5.32. The minimum Gasteiger partial charge on any atom is -0.399 e. The summed E-state index contributed by atoms with van der Waals surface area (Å²) in [5.41, 5.74) is 10.6. The molecule has 0 atom stereocenters. The number of rotatable bonds is 2. The molecule has 0 spiro atoms. The predicted octanol–water partition coefficient (Wildman–Crippen LogP) is 2.74. The van der Waals surface area contributed by atoms with Crippen LogP contribution in [0.3, 0.4) is 0 Å². The number of nitrogen functional groups attached to an aromatic ring is 1. The van der Waals surface area contributed by atoms with Crippen LogP contribution < -0.4 is 11.2 Å². The molecule has 4 heteroatoms. The van der Waals surface area contributed by atoms with Gasteiger partial charge in [0.25, 0.3) is 0 Å². The van der Waals surface area contributed by atoms with E-state index in [0.29, 0.717) is 10.7 Å². The van der Waals surface area contributed by atoms with Gasteiger partial charge in [0, 0.05) is 18.8 Å². The summed E-state index contributed by atoms with van der Waals surface area (Å²) >= 11 is 6.08. The van der Waals surface area contributed by atoms with Gasteiger partial charge in [-0.3, -0.25) is 0 Å². The number of piperidine rings is 1. The van der Waals surface area contributed by atoms with Crippen LogP contribution in [0.1, 0.15) is 19.3 Å². The summed E-state index contributed by atoms with van der Waals surface area (Å²) in [5, 5.41) is 2.89. The van der Waals surface area contributed by atoms with Crippen molar-refractivity contribution in [2.24, 2.45) is 0 Å². The highest BCUT2D eigenvalue weighted by Gasteiger charge is 2.10. The Morgan fingerprint density at radius 2 is 1.93 bits per heavy atom. The molecule has 0 bridgehead atoms. The fourth-order valence-electron chi connectivity index (χ4n) is 1.80. The number of benzene rings is 1. The molecule has 82 valence electrons. The van der Waals surface area contributed by atoms with E-state index in [4.69, 9.17) is 17.3 Å². The molecule has 0 saturated carbocycles. The molecule has 15 heavy (non-hydrogen) atoms. The Labute approximate surface area is 95.2 Å². The summed E-state index contributed by atoms with van der Waals surface area (Å²) in [6.07, 6.45) is 3.83. The lowest BCUT2D eigenvalue weighted by molar-refractivity contribution is 0.273. The monoisotopic (exact) mass is 225 g/mol. The zero-order valence-corrected chi connectivity index (χ0v) is 9.43. The highest BCUT2D eigenvalue weighted by Crippen LogP contribution is 2.25. The third-order valence-corrected chi connectivity index (χ3v) is 2.94. The minimum absolute atomic E-state index is 0.681. The maximum Gasteiger partial charge on any atom is 0.0677 e. The van der Waals surface area contributed by atoms with Gasteiger partial charge in [-0.2, -0.15) is 0 Å². The maximum absolute atomic E-state index is 6.08. The Bertz CT molecular complexity index is 335. The number of nitrogens with two attached hydrogens (primary N) is 1. The van der Waals surface area contributed by atoms with Crippen molar-refractivity contribution in [3.8, 4) is 0 Å². The van der Waals surface area contributed by atoms with Gasteiger partial charge in [-0.05, 0) is 31.0 Å². The Morgan fingerprint density at radius 1 is 1.20 bits per heavy atom. The molecular weight excluding hydrogens is 210 g/mol. The van der Waals surface area contributed by atoms with E-state index in [1.54, 1.807) is 6.07 Å². The molecule has 0 unspecified atom stereocenters. The van der Waals surface area contributed by atoms with Crippen molar-refractivity contribution in [2.75, 3.05) is 24.2 Å². The predicted molar refractivity (Wildman–Crippen MR) is 64.9 cm³/mol. The van der Waals surface area contributed by atoms with Crippen LogP contribution in [0.2, 0.25) is 5.02 Å². The summed E-state index contributed by atoms with van der Waals surface area (Å²) in [6.45, 7) is 2.17. The standard InChI is InChI=1S/C11H16ClN3/c12-10-8-9(13)4-5-11(10)14-15-6-2-1-3-7-15/h4-5,8,14H,1-3,6-7,13H2. The second-order valence-electron chi connectivity index (χ2n) is 3.90. The van der Waals surface area contributed by atoms with Gasteiger partial charge in [0.15, 0.2) is 0 Å². The Balaban J connectivity index is 2.03. The molecule has 1 saturated heterocycles. The molecule has 0 amide bonds. The number of hydrogen-bond acceptors (Lipinski definition) is 3. The topological polar surface area (TPSA) is 41.3 Å². The van der Waals surface area contributed by atoms with Crippen LogP contribution in [0.4, 0.5) is 11.4 Å². The second-order valence-corrected chi connectivity index (χ2v) is 4.31. The van der Waals surface area contributed by atoms with Crippen molar-refractivity contribution < 1.29 is 0 Å². The largest absolute Gasteiger partial charge is 0.399 e. The molecule has 1 aliphatic heterocycles. The molecule has 0 radical (unpaired) electrons. The van der Waals surface area contributed by atoms with Crippen molar-refractivity contribution in [3.63, 3.8) is 0 Å². The van der Waals surface area contributed by atoms with Gasteiger partial charge in [0.2, 0.25) is 0 Å². The second kappa shape index (κ2) is 4.73. The van der Waals surface area contributed by atoms with Crippen LogP contribution in [0.15, 0.2) is 18.2 Å². The van der Waals surface area contributed by atoms with Crippen molar-refractivity contribution >= 4 is 23.0 Å². The van der Waals surface area contributed by atoms with Crippen molar-refractivity contribution in [1.82, 2.24) is 5.01 Å². The van der Waals surface area contributed by atoms with E-state index in [1.165, 1.54) is 19.3 Å². The third-order valence-electron chi connectivity index (χ3n) is 2.63. The Hall–Kier alpha value is -0.930. The highest BCUT2D eigenvalue weighted by atomic mass is 35.5. The number of nitrogens with zero attached hydrogens (tertiary/aromatic N) is 1. The molecule has 0 aliphatic carbocycles. The fraction of sp³-hybridized carbons (Fsp3) is 0.455. The van der Waals surface area contributed by atoms with Crippen LogP contribution in [-0.2, 0) is 0 Å². The smallest absolute Gasteiger partial charge is 0.0677 e. The first-order chi connectivity index (χ1) is 7.25. The van der Waals surface area contributed by atoms with Crippen LogP contribution in [0.25, 0.3) is 0 Å². The van der Waals surface area contributed by atoms with Crippen molar-refractivity contribution in [2.45, 2.75) is 19.3 Å². The maximum atomic E-state index is 6.08. The first-order valence-corrected chi connectivity index (χ1v) is 5.70. The van der Waals surface area contributed by atoms with Crippen LogP contribution in [0.5, 0.6) is 0 Å². The minimum atomic E-state index is 0.681. The SMILES string of the molecule is Nc1ccc(NN2CCCCC2)c(Cl)c1. The number of hydrogen-bond donors (Lipinski definition) is 2. The number of hydrazine groups is 1. The molecule has 1 heterocycles. The van der Waals surface area contributed by atoms with E-state index in [1.807, 2.05) is 12.1 Å². The Morgan fingerprint density at radius 3 is 2.60 bits per heavy atom. The van der Waals surface area contributed by atoms with Crippen molar-refractivity contribution in [1.29, 1.82) is 0 Å². The molecular formula is C11H16ClN3. The molecule has 2 rings (SSSR count). The molecule has 0 aromatic heterocycles. The van der Waals surface area contributed by atoms with E-state index in [-0.39, 0.29) is 0 Å². The van der Waals surface area contributed by atoms with Gasteiger partial charge >= 0.3 is 0 Å². The van der Waals surface area contributed by atoms with E-state index in [0.717, 1.165) is 18.8 Å². The summed E-state index contributed by atoms with van der Waals surface area (Å²) in [5.74, 6) is 0. The van der Waals surface area contributed by atoms with Gasteiger partial charge in [0.1, 0.15) is 0 Å². The average Bonchev–Trinajstić information content (AvgIpc) is 2.24. The third kappa shape index (κ3) is 2.76. The fourth-order valence-corrected chi connectivity index (χ4v) is 2.03. The normalized spacial score (nSPS) is 17.7. The molecule has 3 nitrogen and oxygen atoms in total. The van der Waals surface area contributed by atoms with E-state index in [9.17, 15) is 0 Å². The van der Waals surface area contributed by atoms with Crippen molar-refractivity contribution in [3.05, 3.63) is 23.2 Å².